The fourth-order valence-corrected chi connectivity index (χ4v) is 5.26. The molecule has 0 unspecified atom stereocenters. The molecule has 0 aliphatic carbocycles. The van der Waals surface area contributed by atoms with Gasteiger partial charge in [0.2, 0.25) is 5.91 Å². The first-order valence-corrected chi connectivity index (χ1v) is 13.8. The van der Waals surface area contributed by atoms with Gasteiger partial charge in [-0.25, -0.2) is 0 Å². The van der Waals surface area contributed by atoms with Gasteiger partial charge in [0.05, 0.1) is 30.5 Å². The summed E-state index contributed by atoms with van der Waals surface area (Å²) in [6, 6.07) is 22.3. The van der Waals surface area contributed by atoms with E-state index in [9.17, 15) is 14.4 Å². The van der Waals surface area contributed by atoms with Crippen LogP contribution in [0.2, 0.25) is 5.02 Å². The number of anilines is 3. The third kappa shape index (κ3) is 6.06. The largest absolute Gasteiger partial charge is 0.399 e. The Morgan fingerprint density at radius 2 is 1.74 bits per heavy atom. The van der Waals surface area contributed by atoms with E-state index >= 15 is 0 Å². The Bertz CT molecular complexity index is 1640. The van der Waals surface area contributed by atoms with Crippen LogP contribution < -0.4 is 26.2 Å². The molecule has 4 aromatic rings. The number of nitrogens with zero attached hydrogens (tertiary/aromatic N) is 2. The summed E-state index contributed by atoms with van der Waals surface area (Å²) in [5.74, 6) is -1.02. The lowest BCUT2D eigenvalue weighted by molar-refractivity contribution is -0.128. The minimum absolute atomic E-state index is 0. The number of nitrogen functional groups attached to an aromatic ring is 1. The third-order valence-electron chi connectivity index (χ3n) is 7.58. The maximum atomic E-state index is 14.3. The summed E-state index contributed by atoms with van der Waals surface area (Å²) in [5.41, 5.74) is 9.78. The summed E-state index contributed by atoms with van der Waals surface area (Å²) >= 11 is 6.46. The molecule has 1 aliphatic heterocycles. The average molecular weight is 607 g/mol. The molecule has 42 heavy (non-hydrogen) atoms. The van der Waals surface area contributed by atoms with E-state index in [0.717, 1.165) is 21.9 Å². The molecule has 0 spiro atoms. The molecule has 3 amide bonds. The fourth-order valence-electron chi connectivity index (χ4n) is 5.09. The molecule has 0 saturated heterocycles. The number of halogens is 2. The summed E-state index contributed by atoms with van der Waals surface area (Å²) in [6.45, 7) is 3.87. The SMILES string of the molecule is CN[C@@H](C)C(=O)N[C@H]1CN(C(=O)c2ccc(N)cc2)c2cc(Cl)ccc2N(Cc2c(C)ccc3ccccc23)C1=O.Cl. The highest BCUT2D eigenvalue weighted by Gasteiger charge is 2.38. The molecule has 1 aliphatic rings. The predicted octanol–water partition coefficient (Wildman–Crippen LogP) is 5.09. The molecule has 0 radical (unpaired) electrons. The van der Waals surface area contributed by atoms with Crippen LogP contribution in [0.3, 0.4) is 0 Å². The maximum absolute atomic E-state index is 14.3. The van der Waals surface area contributed by atoms with Gasteiger partial charge in [-0.15, -0.1) is 12.4 Å². The molecule has 0 aromatic heterocycles. The molecule has 218 valence electrons. The number of fused-ring (bicyclic) bond motifs is 2. The Labute approximate surface area is 256 Å². The van der Waals surface area contributed by atoms with Crippen LogP contribution in [-0.2, 0) is 16.1 Å². The lowest BCUT2D eigenvalue weighted by atomic mass is 9.99. The van der Waals surface area contributed by atoms with E-state index in [4.69, 9.17) is 17.3 Å². The lowest BCUT2D eigenvalue weighted by Gasteiger charge is -2.27. The Kier molecular flexibility index (Phi) is 9.41. The minimum atomic E-state index is -1.02. The van der Waals surface area contributed by atoms with Crippen LogP contribution in [0.1, 0.15) is 28.4 Å². The molecule has 10 heteroatoms. The van der Waals surface area contributed by atoms with Gasteiger partial charge in [-0.1, -0.05) is 48.0 Å². The van der Waals surface area contributed by atoms with Gasteiger partial charge in [0.1, 0.15) is 6.04 Å². The molecule has 4 N–H and O–H groups in total. The van der Waals surface area contributed by atoms with Crippen molar-refractivity contribution in [1.82, 2.24) is 10.6 Å². The lowest BCUT2D eigenvalue weighted by Crippen LogP contribution is -2.55. The van der Waals surface area contributed by atoms with Gasteiger partial charge < -0.3 is 26.2 Å². The first-order valence-electron chi connectivity index (χ1n) is 13.4. The van der Waals surface area contributed by atoms with Gasteiger partial charge in [-0.3, -0.25) is 14.4 Å². The number of amides is 3. The van der Waals surface area contributed by atoms with Gasteiger partial charge in [0.15, 0.2) is 0 Å². The minimum Gasteiger partial charge on any atom is -0.399 e. The molecule has 2 atom stereocenters. The van der Waals surface area contributed by atoms with Crippen molar-refractivity contribution in [3.8, 4) is 0 Å². The first-order chi connectivity index (χ1) is 19.7. The highest BCUT2D eigenvalue weighted by Crippen LogP contribution is 2.38. The average Bonchev–Trinajstić information content (AvgIpc) is 3.08. The maximum Gasteiger partial charge on any atom is 0.258 e. The zero-order chi connectivity index (χ0) is 29.3. The number of likely N-dealkylation sites (N-methyl/N-ethyl adjacent to an activating group) is 1. The van der Waals surface area contributed by atoms with Crippen molar-refractivity contribution >= 4 is 69.6 Å². The Morgan fingerprint density at radius 1 is 1.02 bits per heavy atom. The molecule has 4 aromatic carbocycles. The zero-order valence-corrected chi connectivity index (χ0v) is 25.1. The number of nitrogens with two attached hydrogens (primary N) is 1. The summed E-state index contributed by atoms with van der Waals surface area (Å²) in [4.78, 5) is 44.5. The number of hydrogen-bond donors (Lipinski definition) is 3. The normalized spacial score (nSPS) is 15.4. The monoisotopic (exact) mass is 605 g/mol. The number of carbonyl (C=O) groups is 3. The van der Waals surface area contributed by atoms with Crippen molar-refractivity contribution in [3.05, 3.63) is 101 Å². The van der Waals surface area contributed by atoms with Gasteiger partial charge in [0.25, 0.3) is 11.8 Å². The van der Waals surface area contributed by atoms with Gasteiger partial charge in [-0.2, -0.15) is 0 Å². The summed E-state index contributed by atoms with van der Waals surface area (Å²) in [7, 11) is 1.67. The van der Waals surface area contributed by atoms with E-state index in [1.165, 1.54) is 4.90 Å². The van der Waals surface area contributed by atoms with Crippen LogP contribution in [0.5, 0.6) is 0 Å². The topological polar surface area (TPSA) is 108 Å². The second kappa shape index (κ2) is 12.8. The first kappa shape index (κ1) is 30.8. The molecule has 5 rings (SSSR count). The molecule has 0 saturated carbocycles. The molecule has 0 bridgehead atoms. The van der Waals surface area contributed by atoms with E-state index < -0.39 is 12.1 Å². The second-order valence-corrected chi connectivity index (χ2v) is 10.7. The van der Waals surface area contributed by atoms with Gasteiger partial charge >= 0.3 is 0 Å². The third-order valence-corrected chi connectivity index (χ3v) is 7.82. The quantitative estimate of drug-likeness (QED) is 0.265. The highest BCUT2D eigenvalue weighted by molar-refractivity contribution is 6.31. The van der Waals surface area contributed by atoms with E-state index in [1.807, 2.05) is 37.3 Å². The van der Waals surface area contributed by atoms with Crippen LogP contribution in [0.25, 0.3) is 10.8 Å². The summed E-state index contributed by atoms with van der Waals surface area (Å²) in [6.07, 6.45) is 0. The molecule has 1 heterocycles. The number of hydrogen-bond acceptors (Lipinski definition) is 5. The van der Waals surface area contributed by atoms with Crippen molar-refractivity contribution < 1.29 is 14.4 Å². The summed E-state index contributed by atoms with van der Waals surface area (Å²) < 4.78 is 0. The number of aryl methyl sites for hydroxylation is 1. The van der Waals surface area contributed by atoms with Crippen LogP contribution in [0.15, 0.2) is 78.9 Å². The van der Waals surface area contributed by atoms with Crippen molar-refractivity contribution in [1.29, 1.82) is 0 Å². The van der Waals surface area contributed by atoms with Crippen LogP contribution in [0, 0.1) is 6.92 Å². The van der Waals surface area contributed by atoms with Crippen LogP contribution in [0.4, 0.5) is 17.1 Å². The van der Waals surface area contributed by atoms with E-state index in [1.54, 1.807) is 61.3 Å². The Morgan fingerprint density at radius 3 is 2.45 bits per heavy atom. The molecule has 8 nitrogen and oxygen atoms in total. The smallest absolute Gasteiger partial charge is 0.258 e. The fraction of sp³-hybridized carbons (Fsp3) is 0.219. The van der Waals surface area contributed by atoms with Gasteiger partial charge in [0, 0.05) is 16.3 Å². The molecular formula is C32H33Cl2N5O3. The van der Waals surface area contributed by atoms with Gasteiger partial charge in [-0.05, 0) is 85.3 Å². The number of rotatable bonds is 6. The highest BCUT2D eigenvalue weighted by atomic mass is 35.5. The van der Waals surface area contributed by atoms with E-state index in [0.29, 0.717) is 27.6 Å². The molecule has 0 fully saturated rings. The van der Waals surface area contributed by atoms with Crippen LogP contribution >= 0.6 is 24.0 Å². The molecular weight excluding hydrogens is 573 g/mol. The number of carbonyl (C=O) groups excluding carboxylic acids is 3. The Balaban J connectivity index is 0.00000405. The zero-order valence-electron chi connectivity index (χ0n) is 23.6. The van der Waals surface area contributed by atoms with Crippen LogP contribution in [-0.4, -0.2) is 43.4 Å². The van der Waals surface area contributed by atoms with E-state index in [2.05, 4.69) is 16.7 Å². The van der Waals surface area contributed by atoms with Crippen molar-refractivity contribution in [2.75, 3.05) is 29.1 Å². The van der Waals surface area contributed by atoms with Crippen molar-refractivity contribution in [2.24, 2.45) is 0 Å². The number of benzene rings is 4. The summed E-state index contributed by atoms with van der Waals surface area (Å²) in [5, 5.41) is 8.29. The number of nitrogens with one attached hydrogen (secondary N) is 2. The predicted molar refractivity (Wildman–Crippen MR) is 172 cm³/mol. The van der Waals surface area contributed by atoms with Crippen molar-refractivity contribution in [2.45, 2.75) is 32.5 Å². The second-order valence-electron chi connectivity index (χ2n) is 10.2. The standard InChI is InChI=1S/C32H32ClN5O3.ClH/c1-19-8-9-21-6-4-5-7-25(21)26(19)17-37-28-15-12-23(33)16-29(28)38(31(40)22-10-13-24(34)14-11-22)18-27(32(37)41)36-30(39)20(2)35-3;/h4-16,20,27,35H,17-18,34H2,1-3H3,(H,36,39);1H/t20-,27-;/m0./s1. The Hall–Kier alpha value is -4.11. The van der Waals surface area contributed by atoms with Crippen molar-refractivity contribution in [3.63, 3.8) is 0 Å². The van der Waals surface area contributed by atoms with E-state index in [-0.39, 0.29) is 43.2 Å².